The number of rotatable bonds is 1. The van der Waals surface area contributed by atoms with Crippen LogP contribution in [-0.4, -0.2) is 0 Å². The molecule has 0 atom stereocenters. The maximum absolute atomic E-state index is 12.6. The second-order valence-corrected chi connectivity index (χ2v) is 3.28. The largest absolute Gasteiger partial charge is 0.207 e. The summed E-state index contributed by atoms with van der Waals surface area (Å²) >= 11 is 0. The second-order valence-electron chi connectivity index (χ2n) is 3.28. The summed E-state index contributed by atoms with van der Waals surface area (Å²) in [7, 11) is 0. The van der Waals surface area contributed by atoms with E-state index in [1.54, 1.807) is 12.1 Å². The molecular weight excluding hydrogens is 163 g/mol. The topological polar surface area (TPSA) is 0 Å². The summed E-state index contributed by atoms with van der Waals surface area (Å²) in [6.07, 6.45) is 2.57. The number of benzene rings is 1. The predicted octanol–water partition coefficient (Wildman–Crippen LogP) is 4.04. The van der Waals surface area contributed by atoms with Gasteiger partial charge in [0.25, 0.3) is 0 Å². The van der Waals surface area contributed by atoms with Gasteiger partial charge < -0.3 is 0 Å². The van der Waals surface area contributed by atoms with E-state index in [2.05, 4.69) is 0 Å². The number of hydrogen-bond donors (Lipinski definition) is 0. The lowest BCUT2D eigenvalue weighted by molar-refractivity contribution is 0.625. The normalized spacial score (nSPS) is 14.8. The quantitative estimate of drug-likeness (QED) is 0.612. The van der Waals surface area contributed by atoms with E-state index < -0.39 is 0 Å². The van der Waals surface area contributed by atoms with Crippen molar-refractivity contribution in [2.75, 3.05) is 0 Å². The Morgan fingerprint density at radius 1 is 1.23 bits per heavy atom. The summed E-state index contributed by atoms with van der Waals surface area (Å²) < 4.78 is 12.6. The Bertz CT molecular complexity index is 274. The highest BCUT2D eigenvalue weighted by molar-refractivity contribution is 5.32. The van der Waals surface area contributed by atoms with Crippen molar-refractivity contribution >= 4 is 0 Å². The Morgan fingerprint density at radius 3 is 2.31 bits per heavy atom. The van der Waals surface area contributed by atoms with E-state index in [9.17, 15) is 4.39 Å². The first kappa shape index (κ1) is 10.2. The fourth-order valence-electron chi connectivity index (χ4n) is 1.49. The Balaban J connectivity index is 0.000000396. The number of halogens is 1. The highest BCUT2D eigenvalue weighted by Gasteiger charge is 2.24. The first-order valence-corrected chi connectivity index (χ1v) is 5.03. The van der Waals surface area contributed by atoms with Crippen LogP contribution in [0.3, 0.4) is 0 Å². The zero-order chi connectivity index (χ0) is 9.84. The third kappa shape index (κ3) is 2.55. The lowest BCUT2D eigenvalue weighted by Crippen LogP contribution is -1.86. The highest BCUT2D eigenvalue weighted by Crippen LogP contribution is 2.41. The zero-order valence-corrected chi connectivity index (χ0v) is 8.60. The van der Waals surface area contributed by atoms with Crippen molar-refractivity contribution < 1.29 is 4.39 Å². The molecule has 0 amide bonds. The molecule has 1 heteroatoms. The van der Waals surface area contributed by atoms with Crippen LogP contribution in [0, 0.1) is 12.7 Å². The van der Waals surface area contributed by atoms with Crippen LogP contribution in [0.25, 0.3) is 0 Å². The average molecular weight is 180 g/mol. The van der Waals surface area contributed by atoms with E-state index in [1.165, 1.54) is 18.4 Å². The van der Waals surface area contributed by atoms with Crippen molar-refractivity contribution in [3.05, 3.63) is 35.1 Å². The van der Waals surface area contributed by atoms with Crippen molar-refractivity contribution in [3.8, 4) is 0 Å². The van der Waals surface area contributed by atoms with Crippen LogP contribution in [0.15, 0.2) is 18.2 Å². The zero-order valence-electron chi connectivity index (χ0n) is 8.60. The van der Waals surface area contributed by atoms with E-state index in [-0.39, 0.29) is 5.82 Å². The van der Waals surface area contributed by atoms with Crippen LogP contribution < -0.4 is 0 Å². The summed E-state index contributed by atoms with van der Waals surface area (Å²) in [6.45, 7) is 5.98. The van der Waals surface area contributed by atoms with E-state index >= 15 is 0 Å². The molecule has 0 spiro atoms. The van der Waals surface area contributed by atoms with Gasteiger partial charge in [-0.15, -0.1) is 0 Å². The molecule has 1 aromatic carbocycles. The van der Waals surface area contributed by atoms with Gasteiger partial charge in [0.1, 0.15) is 5.82 Å². The van der Waals surface area contributed by atoms with Crippen molar-refractivity contribution in [1.29, 1.82) is 0 Å². The molecule has 1 aromatic rings. The molecule has 0 bridgehead atoms. The predicted molar refractivity (Wildman–Crippen MR) is 54.5 cm³/mol. The molecule has 72 valence electrons. The lowest BCUT2D eigenvalue weighted by Gasteiger charge is -2.02. The monoisotopic (exact) mass is 180 g/mol. The lowest BCUT2D eigenvalue weighted by atomic mass is 10.0. The maximum Gasteiger partial charge on any atom is 0.123 e. The van der Waals surface area contributed by atoms with Crippen LogP contribution >= 0.6 is 0 Å². The summed E-state index contributed by atoms with van der Waals surface area (Å²) in [6, 6.07) is 5.09. The van der Waals surface area contributed by atoms with Crippen LogP contribution in [-0.2, 0) is 0 Å². The van der Waals surface area contributed by atoms with E-state index in [0.29, 0.717) is 0 Å². The van der Waals surface area contributed by atoms with Gasteiger partial charge in [0.15, 0.2) is 0 Å². The standard InChI is InChI=1S/C10H11F.C2H6/c1-7-6-9(11)4-5-10(7)8-2-3-8;1-2/h4-6,8H,2-3H2,1H3;1-2H3. The minimum Gasteiger partial charge on any atom is -0.207 e. The molecule has 0 aliphatic heterocycles. The molecule has 1 aliphatic rings. The summed E-state index contributed by atoms with van der Waals surface area (Å²) in [5, 5.41) is 0. The molecule has 0 aromatic heterocycles. The van der Waals surface area contributed by atoms with Gasteiger partial charge in [-0.1, -0.05) is 19.9 Å². The van der Waals surface area contributed by atoms with Crippen molar-refractivity contribution in [2.24, 2.45) is 0 Å². The molecule has 1 saturated carbocycles. The van der Waals surface area contributed by atoms with Crippen molar-refractivity contribution in [1.82, 2.24) is 0 Å². The molecule has 0 unspecified atom stereocenters. The smallest absolute Gasteiger partial charge is 0.123 e. The molecule has 0 radical (unpaired) electrons. The Labute approximate surface area is 79.8 Å². The maximum atomic E-state index is 12.6. The third-order valence-corrected chi connectivity index (χ3v) is 2.25. The molecule has 13 heavy (non-hydrogen) atoms. The van der Waals surface area contributed by atoms with Gasteiger partial charge in [0.05, 0.1) is 0 Å². The van der Waals surface area contributed by atoms with E-state index in [1.807, 2.05) is 26.8 Å². The van der Waals surface area contributed by atoms with E-state index in [4.69, 9.17) is 0 Å². The SMILES string of the molecule is CC.Cc1cc(F)ccc1C1CC1. The fraction of sp³-hybridized carbons (Fsp3) is 0.500. The Morgan fingerprint density at radius 2 is 1.85 bits per heavy atom. The average Bonchev–Trinajstić information content (AvgIpc) is 2.91. The molecule has 0 N–H and O–H groups in total. The van der Waals surface area contributed by atoms with Gasteiger partial charge in [0.2, 0.25) is 0 Å². The van der Waals surface area contributed by atoms with Gasteiger partial charge in [-0.05, 0) is 48.9 Å². The van der Waals surface area contributed by atoms with Crippen LogP contribution in [0.5, 0.6) is 0 Å². The minimum atomic E-state index is -0.119. The number of aryl methyl sites for hydroxylation is 1. The van der Waals surface area contributed by atoms with Gasteiger partial charge in [-0.2, -0.15) is 0 Å². The van der Waals surface area contributed by atoms with Gasteiger partial charge in [-0.3, -0.25) is 0 Å². The van der Waals surface area contributed by atoms with Crippen LogP contribution in [0.4, 0.5) is 4.39 Å². The molecule has 1 fully saturated rings. The first-order chi connectivity index (χ1) is 6.27. The minimum absolute atomic E-state index is 0.119. The number of hydrogen-bond acceptors (Lipinski definition) is 0. The van der Waals surface area contributed by atoms with Gasteiger partial charge in [-0.25, -0.2) is 4.39 Å². The van der Waals surface area contributed by atoms with Crippen molar-refractivity contribution in [2.45, 2.75) is 39.5 Å². The van der Waals surface area contributed by atoms with Crippen LogP contribution in [0.2, 0.25) is 0 Å². The first-order valence-electron chi connectivity index (χ1n) is 5.03. The molecule has 0 nitrogen and oxygen atoms in total. The fourth-order valence-corrected chi connectivity index (χ4v) is 1.49. The Kier molecular flexibility index (Phi) is 3.47. The summed E-state index contributed by atoms with van der Waals surface area (Å²) in [5.41, 5.74) is 2.44. The van der Waals surface area contributed by atoms with Gasteiger partial charge >= 0.3 is 0 Å². The van der Waals surface area contributed by atoms with Crippen molar-refractivity contribution in [3.63, 3.8) is 0 Å². The molecular formula is C12H17F. The summed E-state index contributed by atoms with van der Waals surface area (Å²) in [5.74, 6) is 0.613. The van der Waals surface area contributed by atoms with Gasteiger partial charge in [0, 0.05) is 0 Å². The molecule has 0 saturated heterocycles. The highest BCUT2D eigenvalue weighted by atomic mass is 19.1. The molecule has 0 heterocycles. The molecule has 1 aliphatic carbocycles. The Hall–Kier alpha value is -0.850. The van der Waals surface area contributed by atoms with E-state index in [0.717, 1.165) is 11.5 Å². The third-order valence-electron chi connectivity index (χ3n) is 2.25. The van der Waals surface area contributed by atoms with Crippen LogP contribution in [0.1, 0.15) is 43.7 Å². The second kappa shape index (κ2) is 4.40. The molecule has 2 rings (SSSR count). The summed E-state index contributed by atoms with van der Waals surface area (Å²) in [4.78, 5) is 0.